The van der Waals surface area contributed by atoms with Gasteiger partial charge in [-0.05, 0) is 54.9 Å². The third-order valence-corrected chi connectivity index (χ3v) is 7.38. The Kier molecular flexibility index (Phi) is 5.35. The van der Waals surface area contributed by atoms with E-state index in [1.54, 1.807) is 4.90 Å². The summed E-state index contributed by atoms with van der Waals surface area (Å²) in [6.07, 6.45) is 5.70. The van der Waals surface area contributed by atoms with Gasteiger partial charge in [-0.1, -0.05) is 19.9 Å². The molecule has 1 aromatic carbocycles. The van der Waals surface area contributed by atoms with E-state index in [1.807, 2.05) is 6.92 Å². The molecule has 2 N–H and O–H groups in total. The molecule has 8 heteroatoms. The average molecular weight is 440 g/mol. The molecule has 2 aliphatic rings. The van der Waals surface area contributed by atoms with Crippen LogP contribution in [0.2, 0.25) is 0 Å². The van der Waals surface area contributed by atoms with E-state index >= 15 is 0 Å². The predicted octanol–water partition coefficient (Wildman–Crippen LogP) is 4.87. The van der Waals surface area contributed by atoms with Gasteiger partial charge in [0, 0.05) is 24.2 Å². The van der Waals surface area contributed by atoms with Crippen molar-refractivity contribution in [1.82, 2.24) is 9.88 Å². The third-order valence-electron chi connectivity index (χ3n) is 7.38. The number of nitrogens with zero attached hydrogens (tertiary/aromatic N) is 2. The summed E-state index contributed by atoms with van der Waals surface area (Å²) in [6, 6.07) is 3.50. The van der Waals surface area contributed by atoms with Crippen molar-refractivity contribution in [1.29, 1.82) is 10.8 Å². The van der Waals surface area contributed by atoms with Gasteiger partial charge in [-0.2, -0.15) is 0 Å². The van der Waals surface area contributed by atoms with Gasteiger partial charge in [0.05, 0.1) is 17.5 Å². The molecule has 6 nitrogen and oxygen atoms in total. The summed E-state index contributed by atoms with van der Waals surface area (Å²) in [5.41, 5.74) is -0.726. The Morgan fingerprint density at radius 3 is 2.62 bits per heavy atom. The van der Waals surface area contributed by atoms with Crippen LogP contribution in [0, 0.1) is 39.2 Å². The first kappa shape index (κ1) is 22.0. The fourth-order valence-corrected chi connectivity index (χ4v) is 5.48. The van der Waals surface area contributed by atoms with Crippen molar-refractivity contribution in [2.24, 2.45) is 16.7 Å². The smallest absolute Gasteiger partial charge is 0.309 e. The van der Waals surface area contributed by atoms with Crippen molar-refractivity contribution in [2.75, 3.05) is 13.1 Å². The number of halogens is 2. The largest absolute Gasteiger partial charge is 0.441 e. The van der Waals surface area contributed by atoms with Gasteiger partial charge in [-0.15, -0.1) is 0 Å². The number of hydrogen-bond donors (Lipinski definition) is 2. The highest BCUT2D eigenvalue weighted by Gasteiger charge is 2.65. The number of oxazole rings is 1. The summed E-state index contributed by atoms with van der Waals surface area (Å²) in [4.78, 5) is 18.5. The predicted molar refractivity (Wildman–Crippen MR) is 116 cm³/mol. The third kappa shape index (κ3) is 3.12. The van der Waals surface area contributed by atoms with E-state index in [9.17, 15) is 13.6 Å². The molecule has 0 radical (unpaired) electrons. The Balaban J connectivity index is 1.69. The Hall–Kier alpha value is -3.16. The lowest BCUT2D eigenvalue weighted by molar-refractivity contribution is 0.0592. The summed E-state index contributed by atoms with van der Waals surface area (Å²) in [5, 5.41) is 17.4. The molecule has 4 rings (SSSR count). The molecule has 0 saturated heterocycles. The standard InChI is InChI=1S/C24H26F2N4O2/c1-4-30(22(31)21-29-10-11-32-21)13-24-9-8-15(23(24,2)3)14(20(24)28)12-18(27)19-16(25)6-5-7-17(19)26/h5-7,10-12,15,27-28H,4,8-9,13H2,1-3H3/b14-12-,27-18?,28-20?/t15-,24-/m0/s1. The molecule has 1 aromatic heterocycles. The molecule has 2 saturated carbocycles. The second kappa shape index (κ2) is 7.76. The number of nitrogens with one attached hydrogen (secondary N) is 2. The second-order valence-corrected chi connectivity index (χ2v) is 9.04. The maximum Gasteiger partial charge on any atom is 0.309 e. The zero-order valence-electron chi connectivity index (χ0n) is 18.3. The van der Waals surface area contributed by atoms with E-state index < -0.39 is 22.6 Å². The van der Waals surface area contributed by atoms with Gasteiger partial charge >= 0.3 is 5.91 Å². The SMILES string of the molecule is CCN(C[C@@]12CC[C@@H](/C(=C/C(=N)c3c(F)cccc3F)C1=N)C2(C)C)C(=O)c1ncco1. The lowest BCUT2D eigenvalue weighted by Crippen LogP contribution is -2.48. The summed E-state index contributed by atoms with van der Waals surface area (Å²) < 4.78 is 33.6. The molecule has 2 bridgehead atoms. The Morgan fingerprint density at radius 1 is 1.34 bits per heavy atom. The highest BCUT2D eigenvalue weighted by molar-refractivity contribution is 6.15. The number of amides is 1. The highest BCUT2D eigenvalue weighted by atomic mass is 19.1. The molecule has 0 unspecified atom stereocenters. The Bertz CT molecular complexity index is 1100. The monoisotopic (exact) mass is 440 g/mol. The van der Waals surface area contributed by atoms with Crippen LogP contribution in [0.15, 0.2) is 46.7 Å². The summed E-state index contributed by atoms with van der Waals surface area (Å²) >= 11 is 0. The average Bonchev–Trinajstić information content (AvgIpc) is 3.39. The minimum Gasteiger partial charge on any atom is -0.441 e. The first-order valence-electron chi connectivity index (χ1n) is 10.7. The number of aromatic nitrogens is 1. The molecule has 2 atom stereocenters. The molecule has 32 heavy (non-hydrogen) atoms. The van der Waals surface area contributed by atoms with Crippen LogP contribution < -0.4 is 0 Å². The van der Waals surface area contributed by atoms with E-state index in [4.69, 9.17) is 15.2 Å². The summed E-state index contributed by atoms with van der Waals surface area (Å²) in [7, 11) is 0. The van der Waals surface area contributed by atoms with Gasteiger partial charge in [0.1, 0.15) is 17.9 Å². The van der Waals surface area contributed by atoms with Crippen LogP contribution in [0.4, 0.5) is 8.78 Å². The zero-order valence-corrected chi connectivity index (χ0v) is 18.3. The molecule has 1 heterocycles. The van der Waals surface area contributed by atoms with Crippen molar-refractivity contribution >= 4 is 17.3 Å². The van der Waals surface area contributed by atoms with Crippen LogP contribution >= 0.6 is 0 Å². The van der Waals surface area contributed by atoms with Crippen molar-refractivity contribution in [3.8, 4) is 0 Å². The normalized spacial score (nSPS) is 24.8. The maximum atomic E-state index is 14.2. The van der Waals surface area contributed by atoms with Gasteiger partial charge in [0.15, 0.2) is 0 Å². The number of carbonyl (C=O) groups is 1. The molecule has 2 aliphatic carbocycles. The van der Waals surface area contributed by atoms with Crippen LogP contribution in [-0.4, -0.2) is 40.3 Å². The minimum absolute atomic E-state index is 0.00713. The molecular formula is C24H26F2N4O2. The molecule has 1 amide bonds. The first-order chi connectivity index (χ1) is 15.1. The van der Waals surface area contributed by atoms with Crippen molar-refractivity contribution < 1.29 is 18.0 Å². The fourth-order valence-electron chi connectivity index (χ4n) is 5.48. The number of rotatable bonds is 6. The number of benzene rings is 1. The highest BCUT2D eigenvalue weighted by Crippen LogP contribution is 2.66. The van der Waals surface area contributed by atoms with Crippen LogP contribution in [-0.2, 0) is 0 Å². The lowest BCUT2D eigenvalue weighted by atomic mass is 9.68. The molecule has 0 aliphatic heterocycles. The van der Waals surface area contributed by atoms with Crippen LogP contribution in [0.25, 0.3) is 0 Å². The first-order valence-corrected chi connectivity index (χ1v) is 10.7. The van der Waals surface area contributed by atoms with E-state index in [2.05, 4.69) is 18.8 Å². The quantitative estimate of drug-likeness (QED) is 0.628. The number of allylic oxidation sites excluding steroid dienone is 2. The zero-order chi connectivity index (χ0) is 23.3. The number of hydrogen-bond acceptors (Lipinski definition) is 5. The summed E-state index contributed by atoms with van der Waals surface area (Å²) in [6.45, 7) is 6.73. The second-order valence-electron chi connectivity index (χ2n) is 9.04. The molecule has 2 aromatic rings. The van der Waals surface area contributed by atoms with E-state index in [1.165, 1.54) is 24.6 Å². The van der Waals surface area contributed by atoms with Crippen molar-refractivity contribution in [3.05, 3.63) is 65.4 Å². The van der Waals surface area contributed by atoms with Crippen LogP contribution in [0.5, 0.6) is 0 Å². The van der Waals surface area contributed by atoms with Crippen LogP contribution in [0.3, 0.4) is 0 Å². The minimum atomic E-state index is -0.802. The van der Waals surface area contributed by atoms with Gasteiger partial charge in [0.2, 0.25) is 0 Å². The van der Waals surface area contributed by atoms with Gasteiger partial charge < -0.3 is 20.1 Å². The molecule has 0 spiro atoms. The van der Waals surface area contributed by atoms with Gasteiger partial charge in [0.25, 0.3) is 5.89 Å². The van der Waals surface area contributed by atoms with Crippen molar-refractivity contribution in [2.45, 2.75) is 33.6 Å². The Morgan fingerprint density at radius 2 is 2.03 bits per heavy atom. The van der Waals surface area contributed by atoms with E-state index in [-0.39, 0.29) is 28.8 Å². The van der Waals surface area contributed by atoms with Crippen molar-refractivity contribution in [3.63, 3.8) is 0 Å². The van der Waals surface area contributed by atoms with Gasteiger partial charge in [-0.25, -0.2) is 13.8 Å². The lowest BCUT2D eigenvalue weighted by Gasteiger charge is -2.41. The topological polar surface area (TPSA) is 94.0 Å². The van der Waals surface area contributed by atoms with E-state index in [0.717, 1.165) is 25.0 Å². The maximum absolute atomic E-state index is 14.2. The number of fused-ring (bicyclic) bond motifs is 2. The van der Waals surface area contributed by atoms with Crippen LogP contribution in [0.1, 0.15) is 49.9 Å². The number of carbonyl (C=O) groups excluding carboxylic acids is 1. The molecule has 168 valence electrons. The molecular weight excluding hydrogens is 414 g/mol. The molecule has 2 fully saturated rings. The van der Waals surface area contributed by atoms with Gasteiger partial charge in [-0.3, -0.25) is 4.79 Å². The van der Waals surface area contributed by atoms with E-state index in [0.29, 0.717) is 24.4 Å². The Labute approximate surface area is 185 Å². The summed E-state index contributed by atoms with van der Waals surface area (Å²) in [5.74, 6) is -1.97. The fraction of sp³-hybridized carbons (Fsp3) is 0.417.